The van der Waals surface area contributed by atoms with Gasteiger partial charge in [-0.3, -0.25) is 0 Å². The van der Waals surface area contributed by atoms with E-state index in [1.165, 1.54) is 6.92 Å². The topological polar surface area (TPSA) is 44.8 Å². The summed E-state index contributed by atoms with van der Waals surface area (Å²) in [7, 11) is 0. The lowest BCUT2D eigenvalue weighted by atomic mass is 10.1. The average Bonchev–Trinajstić information content (AvgIpc) is 2.28. The van der Waals surface area contributed by atoms with Crippen LogP contribution in [0.5, 0.6) is 0 Å². The predicted molar refractivity (Wildman–Crippen MR) is 55.7 cm³/mol. The lowest BCUT2D eigenvalue weighted by Gasteiger charge is -2.24. The molecule has 1 fully saturated rings. The summed E-state index contributed by atoms with van der Waals surface area (Å²) in [4.78, 5) is 11.1. The molecular weight excluding hydrogens is 253 g/mol. The molecule has 0 spiro atoms. The van der Waals surface area contributed by atoms with E-state index in [4.69, 9.17) is 9.47 Å². The third-order valence-electron chi connectivity index (χ3n) is 2.23. The summed E-state index contributed by atoms with van der Waals surface area (Å²) < 4.78 is 52.6. The highest BCUT2D eigenvalue weighted by Crippen LogP contribution is 2.30. The predicted octanol–water partition coefficient (Wildman–Crippen LogP) is 2.19. The number of hydrogen-bond acceptors (Lipinski definition) is 4. The van der Waals surface area contributed by atoms with Gasteiger partial charge in [0.1, 0.15) is 0 Å². The number of halogens is 3. The minimum absolute atomic E-state index is 0.0247. The molecule has 0 aliphatic carbocycles. The summed E-state index contributed by atoms with van der Waals surface area (Å²) in [5.41, 5.74) is -1.01. The van der Waals surface area contributed by atoms with Crippen LogP contribution < -0.4 is 0 Å². The highest BCUT2D eigenvalue weighted by Gasteiger charge is 2.36. The van der Waals surface area contributed by atoms with E-state index in [1.807, 2.05) is 0 Å². The summed E-state index contributed by atoms with van der Waals surface area (Å²) in [6.45, 7) is 2.26. The smallest absolute Gasteiger partial charge is 0.413 e. The fraction of sp³-hybridized carbons (Fsp3) is 0.727. The fourth-order valence-corrected chi connectivity index (χ4v) is 1.42. The van der Waals surface area contributed by atoms with Crippen LogP contribution in [0.3, 0.4) is 0 Å². The molecule has 0 aromatic heterocycles. The first-order valence-electron chi connectivity index (χ1n) is 5.61. The molecule has 0 atom stereocenters. The van der Waals surface area contributed by atoms with E-state index in [0.29, 0.717) is 25.7 Å². The van der Waals surface area contributed by atoms with Crippen molar-refractivity contribution in [1.29, 1.82) is 0 Å². The van der Waals surface area contributed by atoms with Crippen molar-refractivity contribution >= 4 is 5.97 Å². The minimum atomic E-state index is -4.60. The number of ether oxygens (including phenoxy) is 3. The Bertz CT molecular complexity index is 306. The van der Waals surface area contributed by atoms with E-state index in [-0.39, 0.29) is 6.61 Å². The van der Waals surface area contributed by atoms with Crippen molar-refractivity contribution < 1.29 is 32.2 Å². The Morgan fingerprint density at radius 3 is 2.50 bits per heavy atom. The van der Waals surface area contributed by atoms with Crippen LogP contribution in [0.1, 0.15) is 19.8 Å². The normalized spacial score (nSPS) is 18.8. The molecule has 1 aliphatic rings. The molecule has 7 heteroatoms. The quantitative estimate of drug-likeness (QED) is 0.579. The van der Waals surface area contributed by atoms with Gasteiger partial charge in [-0.2, -0.15) is 13.2 Å². The second kappa shape index (κ2) is 6.75. The zero-order valence-corrected chi connectivity index (χ0v) is 9.96. The Morgan fingerprint density at radius 1 is 1.39 bits per heavy atom. The molecule has 0 radical (unpaired) electrons. The Morgan fingerprint density at radius 2 is 2.00 bits per heavy atom. The third kappa shape index (κ3) is 5.05. The zero-order chi connectivity index (χ0) is 13.6. The van der Waals surface area contributed by atoms with E-state index in [1.54, 1.807) is 0 Å². The average molecular weight is 268 g/mol. The van der Waals surface area contributed by atoms with Crippen molar-refractivity contribution in [2.45, 2.75) is 32.2 Å². The molecule has 1 aliphatic heterocycles. The number of alkyl halides is 3. The highest BCUT2D eigenvalue weighted by atomic mass is 19.4. The molecule has 1 heterocycles. The van der Waals surface area contributed by atoms with Gasteiger partial charge < -0.3 is 14.2 Å². The molecule has 1 saturated heterocycles. The Balaban J connectivity index is 2.69. The lowest BCUT2D eigenvalue weighted by molar-refractivity contribution is -0.185. The van der Waals surface area contributed by atoms with Crippen molar-refractivity contribution in [1.82, 2.24) is 0 Å². The number of carbonyl (C=O) groups is 1. The maximum Gasteiger partial charge on any atom is 0.413 e. The summed E-state index contributed by atoms with van der Waals surface area (Å²) >= 11 is 0. The monoisotopic (exact) mass is 268 g/mol. The number of esters is 1. The largest absolute Gasteiger partial charge is 0.463 e. The fourth-order valence-electron chi connectivity index (χ4n) is 1.42. The summed E-state index contributed by atoms with van der Waals surface area (Å²) in [6, 6.07) is 0. The van der Waals surface area contributed by atoms with Gasteiger partial charge in [-0.05, 0) is 13.3 Å². The van der Waals surface area contributed by atoms with Gasteiger partial charge in [0.05, 0.1) is 19.8 Å². The molecule has 0 saturated carbocycles. The summed E-state index contributed by atoms with van der Waals surface area (Å²) in [5.74, 6) is -1.01. The number of rotatable bonds is 4. The molecule has 0 unspecified atom stereocenters. The molecule has 0 aromatic rings. The number of carbonyl (C=O) groups excluding carboxylic acids is 1. The SMILES string of the molecule is CCOC(=O)/C=C(\CC1OCCCO1)C(F)(F)F. The second-order valence-corrected chi connectivity index (χ2v) is 3.65. The van der Waals surface area contributed by atoms with E-state index in [2.05, 4.69) is 4.74 Å². The molecule has 18 heavy (non-hydrogen) atoms. The van der Waals surface area contributed by atoms with Gasteiger partial charge >= 0.3 is 12.1 Å². The van der Waals surface area contributed by atoms with Gasteiger partial charge in [0, 0.05) is 18.1 Å². The Kier molecular flexibility index (Phi) is 5.61. The van der Waals surface area contributed by atoms with Crippen LogP contribution >= 0.6 is 0 Å². The molecule has 0 amide bonds. The molecular formula is C11H15F3O4. The van der Waals surface area contributed by atoms with Gasteiger partial charge in [0.2, 0.25) is 0 Å². The highest BCUT2D eigenvalue weighted by molar-refractivity contribution is 5.83. The maximum atomic E-state index is 12.7. The van der Waals surface area contributed by atoms with Crippen LogP contribution in [0.2, 0.25) is 0 Å². The Hall–Kier alpha value is -1.08. The summed E-state index contributed by atoms with van der Waals surface area (Å²) in [6.07, 6.45) is -4.97. The van der Waals surface area contributed by atoms with Crippen molar-refractivity contribution in [2.24, 2.45) is 0 Å². The van der Waals surface area contributed by atoms with Crippen LogP contribution in [0.25, 0.3) is 0 Å². The van der Waals surface area contributed by atoms with Crippen molar-refractivity contribution in [3.8, 4) is 0 Å². The van der Waals surface area contributed by atoms with E-state index >= 15 is 0 Å². The third-order valence-corrected chi connectivity index (χ3v) is 2.23. The molecule has 0 N–H and O–H groups in total. The lowest BCUT2D eigenvalue weighted by Crippen LogP contribution is -2.28. The van der Waals surface area contributed by atoms with Gasteiger partial charge in [-0.15, -0.1) is 0 Å². The van der Waals surface area contributed by atoms with E-state index < -0.39 is 30.4 Å². The standard InChI is InChI=1S/C11H15F3O4/c1-2-16-9(15)6-8(11(12,13)14)7-10-17-4-3-5-18-10/h6,10H,2-5,7H2,1H3/b8-6+. The summed E-state index contributed by atoms with van der Waals surface area (Å²) in [5, 5.41) is 0. The van der Waals surface area contributed by atoms with Crippen molar-refractivity contribution in [3.05, 3.63) is 11.6 Å². The molecule has 4 nitrogen and oxygen atoms in total. The molecule has 0 bridgehead atoms. The Labute approximate surface area is 103 Å². The molecule has 1 rings (SSSR count). The molecule has 0 aromatic carbocycles. The van der Waals surface area contributed by atoms with Gasteiger partial charge in [-0.1, -0.05) is 0 Å². The van der Waals surface area contributed by atoms with Crippen molar-refractivity contribution in [3.63, 3.8) is 0 Å². The minimum Gasteiger partial charge on any atom is -0.463 e. The van der Waals surface area contributed by atoms with Crippen LogP contribution in [0, 0.1) is 0 Å². The van der Waals surface area contributed by atoms with E-state index in [0.717, 1.165) is 0 Å². The van der Waals surface area contributed by atoms with Crippen molar-refractivity contribution in [2.75, 3.05) is 19.8 Å². The maximum absolute atomic E-state index is 12.7. The van der Waals surface area contributed by atoms with Crippen LogP contribution in [0.15, 0.2) is 11.6 Å². The first-order valence-corrected chi connectivity index (χ1v) is 5.61. The van der Waals surface area contributed by atoms with Crippen LogP contribution in [0.4, 0.5) is 13.2 Å². The zero-order valence-electron chi connectivity index (χ0n) is 9.96. The van der Waals surface area contributed by atoms with Gasteiger partial charge in [0.15, 0.2) is 6.29 Å². The van der Waals surface area contributed by atoms with Crippen LogP contribution in [-0.4, -0.2) is 38.3 Å². The van der Waals surface area contributed by atoms with Crippen LogP contribution in [-0.2, 0) is 19.0 Å². The van der Waals surface area contributed by atoms with E-state index in [9.17, 15) is 18.0 Å². The van der Waals surface area contributed by atoms with Gasteiger partial charge in [0.25, 0.3) is 0 Å². The van der Waals surface area contributed by atoms with Gasteiger partial charge in [-0.25, -0.2) is 4.79 Å². The second-order valence-electron chi connectivity index (χ2n) is 3.65. The first kappa shape index (κ1) is 15.0. The number of hydrogen-bond donors (Lipinski definition) is 0. The first-order chi connectivity index (χ1) is 8.43. The molecule has 104 valence electrons.